The highest BCUT2D eigenvalue weighted by molar-refractivity contribution is 7.99. The lowest BCUT2D eigenvalue weighted by Gasteiger charge is -2.41. The number of hydrogen-bond donors (Lipinski definition) is 2. The van der Waals surface area contributed by atoms with E-state index >= 15 is 0 Å². The van der Waals surface area contributed by atoms with Crippen molar-refractivity contribution in [2.45, 2.75) is 48.8 Å². The fourth-order valence-electron chi connectivity index (χ4n) is 4.66. The number of imidazole rings is 1. The van der Waals surface area contributed by atoms with Crippen LogP contribution in [0.3, 0.4) is 0 Å². The highest BCUT2D eigenvalue weighted by atomic mass is 35.5. The number of rotatable bonds is 3. The van der Waals surface area contributed by atoms with Crippen molar-refractivity contribution in [3.05, 3.63) is 35.4 Å². The molecule has 0 aliphatic carbocycles. The number of anilines is 2. The van der Waals surface area contributed by atoms with E-state index in [1.165, 1.54) is 11.8 Å². The fourth-order valence-corrected chi connectivity index (χ4v) is 5.86. The van der Waals surface area contributed by atoms with Gasteiger partial charge in [-0.2, -0.15) is 0 Å². The van der Waals surface area contributed by atoms with Gasteiger partial charge in [-0.15, -0.1) is 0 Å². The van der Waals surface area contributed by atoms with E-state index in [-0.39, 0.29) is 17.6 Å². The predicted octanol–water partition coefficient (Wildman–Crippen LogP) is 3.15. The van der Waals surface area contributed by atoms with Gasteiger partial charge in [0.05, 0.1) is 23.4 Å². The molecule has 8 nitrogen and oxygen atoms in total. The number of hydrogen-bond acceptors (Lipinski definition) is 8. The Morgan fingerprint density at radius 3 is 2.74 bits per heavy atom. The van der Waals surface area contributed by atoms with Crippen molar-refractivity contribution in [3.8, 4) is 0 Å². The van der Waals surface area contributed by atoms with Crippen LogP contribution in [0.4, 0.5) is 11.6 Å². The molecule has 2 aliphatic rings. The molecule has 1 unspecified atom stereocenters. The van der Waals surface area contributed by atoms with Gasteiger partial charge in [-0.3, -0.25) is 4.40 Å². The van der Waals surface area contributed by atoms with Gasteiger partial charge in [0.25, 0.3) is 0 Å². The fraction of sp³-hybridized carbons (Fsp3) is 0.476. The number of nitrogens with zero attached hydrogens (tertiary/aromatic N) is 5. The molecular formula is C21H26ClN7OS. The van der Waals surface area contributed by atoms with Crippen molar-refractivity contribution in [3.63, 3.8) is 0 Å². The molecule has 1 spiro atoms. The Hall–Kier alpha value is -2.07. The Bertz CT molecular complexity index is 1130. The van der Waals surface area contributed by atoms with Crippen molar-refractivity contribution in [2.24, 2.45) is 11.1 Å². The van der Waals surface area contributed by atoms with E-state index in [9.17, 15) is 0 Å². The Balaban J connectivity index is 1.45. The van der Waals surface area contributed by atoms with Crippen LogP contribution in [0.2, 0.25) is 5.02 Å². The molecule has 5 rings (SSSR count). The maximum atomic E-state index is 6.48. The zero-order chi connectivity index (χ0) is 21.8. The van der Waals surface area contributed by atoms with Crippen LogP contribution in [0, 0.1) is 12.3 Å². The van der Waals surface area contributed by atoms with Gasteiger partial charge < -0.3 is 21.1 Å². The SMILES string of the molecule is Cc1nc(N2CCC3(CC2)COC(C)[C@H]3N)c2nccn2c1Sc1ccnc(N)c1Cl. The second kappa shape index (κ2) is 7.81. The summed E-state index contributed by atoms with van der Waals surface area (Å²) in [6.07, 6.45) is 7.54. The molecular weight excluding hydrogens is 434 g/mol. The van der Waals surface area contributed by atoms with E-state index in [4.69, 9.17) is 32.8 Å². The van der Waals surface area contributed by atoms with Gasteiger partial charge in [-0.05, 0) is 32.8 Å². The number of nitrogen functional groups attached to an aromatic ring is 1. The van der Waals surface area contributed by atoms with Gasteiger partial charge in [0, 0.05) is 48.0 Å². The molecule has 0 aromatic carbocycles. The minimum Gasteiger partial charge on any atom is -0.382 e. The van der Waals surface area contributed by atoms with Gasteiger partial charge >= 0.3 is 0 Å². The molecule has 5 heterocycles. The summed E-state index contributed by atoms with van der Waals surface area (Å²) in [7, 11) is 0. The molecule has 2 atom stereocenters. The molecule has 2 fully saturated rings. The molecule has 3 aromatic heterocycles. The number of nitrogens with two attached hydrogens (primary N) is 2. The van der Waals surface area contributed by atoms with Gasteiger partial charge in [0.2, 0.25) is 0 Å². The summed E-state index contributed by atoms with van der Waals surface area (Å²) in [5.41, 5.74) is 14.2. The van der Waals surface area contributed by atoms with Crippen molar-refractivity contribution in [1.82, 2.24) is 19.4 Å². The summed E-state index contributed by atoms with van der Waals surface area (Å²) in [6, 6.07) is 1.95. The average molecular weight is 460 g/mol. The second-order valence-electron chi connectivity index (χ2n) is 8.45. The molecule has 10 heteroatoms. The van der Waals surface area contributed by atoms with Crippen LogP contribution in [-0.2, 0) is 4.74 Å². The van der Waals surface area contributed by atoms with Crippen molar-refractivity contribution in [1.29, 1.82) is 0 Å². The van der Waals surface area contributed by atoms with Gasteiger partial charge in [-0.25, -0.2) is 15.0 Å². The highest BCUT2D eigenvalue weighted by Gasteiger charge is 2.47. The Morgan fingerprint density at radius 1 is 1.26 bits per heavy atom. The van der Waals surface area contributed by atoms with Crippen LogP contribution in [-0.4, -0.2) is 51.2 Å². The quantitative estimate of drug-likeness (QED) is 0.615. The molecule has 3 aromatic rings. The molecule has 0 amide bonds. The number of ether oxygens (including phenoxy) is 1. The zero-order valence-electron chi connectivity index (χ0n) is 17.6. The molecule has 0 radical (unpaired) electrons. The zero-order valence-corrected chi connectivity index (χ0v) is 19.2. The summed E-state index contributed by atoms with van der Waals surface area (Å²) >= 11 is 7.89. The van der Waals surface area contributed by atoms with Crippen LogP contribution in [0.25, 0.3) is 5.65 Å². The number of halogens is 1. The number of aromatic nitrogens is 4. The van der Waals surface area contributed by atoms with E-state index in [2.05, 4.69) is 26.2 Å². The average Bonchev–Trinajstić information content (AvgIpc) is 3.35. The summed E-state index contributed by atoms with van der Waals surface area (Å²) in [6.45, 7) is 6.61. The first kappa shape index (κ1) is 20.8. The summed E-state index contributed by atoms with van der Waals surface area (Å²) in [5, 5.41) is 1.41. The maximum Gasteiger partial charge on any atom is 0.181 e. The maximum absolute atomic E-state index is 6.48. The first-order chi connectivity index (χ1) is 14.9. The normalized spacial score (nSPS) is 23.2. The lowest BCUT2D eigenvalue weighted by Crippen LogP contribution is -2.50. The Kier molecular flexibility index (Phi) is 5.24. The van der Waals surface area contributed by atoms with E-state index < -0.39 is 0 Å². The Morgan fingerprint density at radius 2 is 2.03 bits per heavy atom. The van der Waals surface area contributed by atoms with Crippen molar-refractivity contribution in [2.75, 3.05) is 30.3 Å². The molecule has 2 aliphatic heterocycles. The molecule has 164 valence electrons. The standard InChI is InChI=1S/C21H26ClN7OS/c1-12-20(31-14-3-6-25-17(24)15(14)22)29-10-7-26-18(29)19(27-12)28-8-4-21(5-9-28)11-30-13(2)16(21)23/h3,6-7,10,13,16H,4-5,8-9,11,23H2,1-2H3,(H2,24,25)/t13?,16-/m1/s1. The van der Waals surface area contributed by atoms with E-state index in [0.29, 0.717) is 10.8 Å². The summed E-state index contributed by atoms with van der Waals surface area (Å²) in [4.78, 5) is 16.8. The lowest BCUT2D eigenvalue weighted by molar-refractivity contribution is 0.0974. The molecule has 0 bridgehead atoms. The molecule has 2 saturated heterocycles. The largest absolute Gasteiger partial charge is 0.382 e. The number of aryl methyl sites for hydroxylation is 1. The molecule has 4 N–H and O–H groups in total. The third kappa shape index (κ3) is 3.44. The smallest absolute Gasteiger partial charge is 0.181 e. The number of pyridine rings is 1. The monoisotopic (exact) mass is 459 g/mol. The lowest BCUT2D eigenvalue weighted by atomic mass is 9.73. The minimum atomic E-state index is 0.0739. The topological polar surface area (TPSA) is 108 Å². The highest BCUT2D eigenvalue weighted by Crippen LogP contribution is 2.43. The van der Waals surface area contributed by atoms with Crippen LogP contribution in [0.5, 0.6) is 0 Å². The summed E-state index contributed by atoms with van der Waals surface area (Å²) in [5.74, 6) is 1.23. The van der Waals surface area contributed by atoms with Crippen molar-refractivity contribution >= 4 is 40.6 Å². The second-order valence-corrected chi connectivity index (χ2v) is 9.86. The van der Waals surface area contributed by atoms with Gasteiger partial charge in [0.15, 0.2) is 11.5 Å². The first-order valence-electron chi connectivity index (χ1n) is 10.4. The molecule has 31 heavy (non-hydrogen) atoms. The van der Waals surface area contributed by atoms with Gasteiger partial charge in [-0.1, -0.05) is 23.4 Å². The third-order valence-electron chi connectivity index (χ3n) is 6.64. The minimum absolute atomic E-state index is 0.0739. The molecule has 0 saturated carbocycles. The van der Waals surface area contributed by atoms with Gasteiger partial charge in [0.1, 0.15) is 10.8 Å². The number of fused-ring (bicyclic) bond motifs is 1. The predicted molar refractivity (Wildman–Crippen MR) is 123 cm³/mol. The van der Waals surface area contributed by atoms with Crippen LogP contribution < -0.4 is 16.4 Å². The van der Waals surface area contributed by atoms with Crippen molar-refractivity contribution < 1.29 is 4.74 Å². The first-order valence-corrected chi connectivity index (χ1v) is 11.6. The Labute approximate surface area is 190 Å². The summed E-state index contributed by atoms with van der Waals surface area (Å²) < 4.78 is 7.94. The van der Waals surface area contributed by atoms with Crippen LogP contribution in [0.1, 0.15) is 25.5 Å². The van der Waals surface area contributed by atoms with E-state index in [1.54, 1.807) is 12.4 Å². The van der Waals surface area contributed by atoms with Crippen LogP contribution in [0.15, 0.2) is 34.6 Å². The van der Waals surface area contributed by atoms with Crippen LogP contribution >= 0.6 is 23.4 Å². The third-order valence-corrected chi connectivity index (χ3v) is 8.39. The van der Waals surface area contributed by atoms with E-state index in [1.807, 2.05) is 19.2 Å². The number of piperidine rings is 1. The van der Waals surface area contributed by atoms with E-state index in [0.717, 1.165) is 59.6 Å².